The second kappa shape index (κ2) is 9.73. The van der Waals surface area contributed by atoms with Crippen LogP contribution in [0.1, 0.15) is 46.0 Å². The van der Waals surface area contributed by atoms with E-state index in [1.807, 2.05) is 6.92 Å². The monoisotopic (exact) mass is 214 g/mol. The quantitative estimate of drug-likeness (QED) is 0.329. The maximum atomic E-state index is 11.2. The molecule has 1 atom stereocenters. The third kappa shape index (κ3) is 11.1. The Kier molecular flexibility index (Phi) is 12.4. The van der Waals surface area contributed by atoms with Crippen molar-refractivity contribution in [1.82, 2.24) is 0 Å². The molecular formula is C9H20NaO2P. The molecule has 0 radical (unpaired) electrons. The second-order valence-corrected chi connectivity index (χ2v) is 5.85. The molecule has 0 N–H and O–H groups in total. The van der Waals surface area contributed by atoms with Crippen LogP contribution in [0.4, 0.5) is 0 Å². The topological polar surface area (TPSA) is 40.1 Å². The molecule has 1 unspecified atom stereocenters. The van der Waals surface area contributed by atoms with Crippen LogP contribution in [-0.4, -0.2) is 12.3 Å². The van der Waals surface area contributed by atoms with Crippen LogP contribution in [0.15, 0.2) is 0 Å². The Morgan fingerprint density at radius 2 is 1.62 bits per heavy atom. The van der Waals surface area contributed by atoms with Gasteiger partial charge in [-0.1, -0.05) is 39.5 Å². The predicted octanol–water partition coefficient (Wildman–Crippen LogP) is -0.381. The van der Waals surface area contributed by atoms with Crippen molar-refractivity contribution in [1.29, 1.82) is 0 Å². The van der Waals surface area contributed by atoms with Crippen molar-refractivity contribution in [2.75, 3.05) is 12.3 Å². The summed E-state index contributed by atoms with van der Waals surface area (Å²) in [6, 6.07) is 0. The van der Waals surface area contributed by atoms with Crippen LogP contribution in [0.5, 0.6) is 0 Å². The second-order valence-electron chi connectivity index (χ2n) is 3.32. The average molecular weight is 214 g/mol. The van der Waals surface area contributed by atoms with Crippen LogP contribution < -0.4 is 34.5 Å². The van der Waals surface area contributed by atoms with Gasteiger partial charge in [-0.05, 0) is 18.7 Å². The fourth-order valence-electron chi connectivity index (χ4n) is 1.23. The summed E-state index contributed by atoms with van der Waals surface area (Å²) in [6.07, 6.45) is 5.80. The normalized spacial score (nSPS) is 14.7. The van der Waals surface area contributed by atoms with Gasteiger partial charge in [0.1, 0.15) is 0 Å². The summed E-state index contributed by atoms with van der Waals surface area (Å²) in [5, 5.41) is 0. The van der Waals surface area contributed by atoms with Crippen LogP contribution in [-0.2, 0) is 4.57 Å². The first kappa shape index (κ1) is 16.6. The maximum absolute atomic E-state index is 11.2. The predicted molar refractivity (Wildman–Crippen MR) is 51.8 cm³/mol. The Balaban J connectivity index is 0. The summed E-state index contributed by atoms with van der Waals surface area (Å²) in [4.78, 5) is 11.2. The molecule has 74 valence electrons. The van der Waals surface area contributed by atoms with Crippen LogP contribution in [0.3, 0.4) is 0 Å². The molecule has 4 heteroatoms. The first-order chi connectivity index (χ1) is 5.62. The maximum Gasteiger partial charge on any atom is 1.00 e. The van der Waals surface area contributed by atoms with Gasteiger partial charge in [-0.3, -0.25) is 0 Å². The van der Waals surface area contributed by atoms with Gasteiger partial charge in [-0.2, -0.15) is 0 Å². The largest absolute Gasteiger partial charge is 1.00 e. The molecule has 0 heterocycles. The number of unbranched alkanes of at least 4 members (excludes halogenated alkanes) is 3. The molecule has 0 amide bonds. The molecule has 0 bridgehead atoms. The Labute approximate surface area is 104 Å². The SMILES string of the molecule is CCCCCCP(=O)([O-])CCC.[Na+]. The molecule has 0 aliphatic heterocycles. The van der Waals surface area contributed by atoms with Crippen molar-refractivity contribution in [3.05, 3.63) is 0 Å². The van der Waals surface area contributed by atoms with Crippen molar-refractivity contribution >= 4 is 7.37 Å². The summed E-state index contributed by atoms with van der Waals surface area (Å²) in [6.45, 7) is 4.04. The van der Waals surface area contributed by atoms with E-state index in [0.29, 0.717) is 12.3 Å². The summed E-state index contributed by atoms with van der Waals surface area (Å²) >= 11 is 0. The van der Waals surface area contributed by atoms with E-state index in [4.69, 9.17) is 0 Å². The standard InChI is InChI=1S/C9H21O2P.Na/c1-3-5-6-7-9-12(10,11)8-4-2;/h3-9H2,1-2H3,(H,10,11);/q;+1/p-1. The third-order valence-electron chi connectivity index (χ3n) is 1.92. The Morgan fingerprint density at radius 1 is 1.00 bits per heavy atom. The van der Waals surface area contributed by atoms with Gasteiger partial charge in [0.2, 0.25) is 0 Å². The van der Waals surface area contributed by atoms with E-state index in [9.17, 15) is 9.46 Å². The van der Waals surface area contributed by atoms with Gasteiger partial charge in [0, 0.05) is 7.37 Å². The molecule has 0 aliphatic rings. The fraction of sp³-hybridized carbons (Fsp3) is 1.00. The van der Waals surface area contributed by atoms with Crippen LogP contribution >= 0.6 is 7.37 Å². The zero-order chi connectivity index (χ0) is 9.45. The molecular weight excluding hydrogens is 194 g/mol. The Morgan fingerprint density at radius 3 is 2.08 bits per heavy atom. The van der Waals surface area contributed by atoms with E-state index in [1.54, 1.807) is 0 Å². The van der Waals surface area contributed by atoms with Crippen LogP contribution in [0.25, 0.3) is 0 Å². The fourth-order valence-corrected chi connectivity index (χ4v) is 2.84. The van der Waals surface area contributed by atoms with Crippen molar-refractivity contribution in [2.45, 2.75) is 46.0 Å². The van der Waals surface area contributed by atoms with Gasteiger partial charge < -0.3 is 9.46 Å². The summed E-state index contributed by atoms with van der Waals surface area (Å²) < 4.78 is 11.2. The van der Waals surface area contributed by atoms with Crippen molar-refractivity contribution < 1.29 is 39.0 Å². The molecule has 0 rings (SSSR count). The average Bonchev–Trinajstić information content (AvgIpc) is 1.98. The van der Waals surface area contributed by atoms with Gasteiger partial charge in [0.15, 0.2) is 0 Å². The molecule has 0 aromatic heterocycles. The van der Waals surface area contributed by atoms with E-state index in [2.05, 4.69) is 6.92 Å². The third-order valence-corrected chi connectivity index (χ3v) is 4.04. The zero-order valence-electron chi connectivity index (χ0n) is 9.21. The summed E-state index contributed by atoms with van der Waals surface area (Å²) in [7, 11) is -2.98. The van der Waals surface area contributed by atoms with E-state index in [0.717, 1.165) is 32.1 Å². The van der Waals surface area contributed by atoms with E-state index >= 15 is 0 Å². The van der Waals surface area contributed by atoms with E-state index < -0.39 is 7.37 Å². The number of rotatable bonds is 7. The Hall–Kier alpha value is 1.19. The van der Waals surface area contributed by atoms with Crippen molar-refractivity contribution in [3.63, 3.8) is 0 Å². The van der Waals surface area contributed by atoms with Crippen LogP contribution in [0.2, 0.25) is 0 Å². The van der Waals surface area contributed by atoms with E-state index in [1.165, 1.54) is 0 Å². The molecule has 0 aromatic rings. The minimum absolute atomic E-state index is 0. The number of hydrogen-bond acceptors (Lipinski definition) is 2. The van der Waals surface area contributed by atoms with Gasteiger partial charge in [-0.15, -0.1) is 0 Å². The smallest absolute Gasteiger partial charge is 0.799 e. The Bertz CT molecular complexity index is 151. The van der Waals surface area contributed by atoms with Gasteiger partial charge in [0.05, 0.1) is 0 Å². The zero-order valence-corrected chi connectivity index (χ0v) is 12.1. The first-order valence-corrected chi connectivity index (χ1v) is 6.91. The summed E-state index contributed by atoms with van der Waals surface area (Å²) in [5.74, 6) is 0. The molecule has 0 spiro atoms. The molecule has 0 fully saturated rings. The molecule has 0 aromatic carbocycles. The van der Waals surface area contributed by atoms with Gasteiger partial charge >= 0.3 is 29.6 Å². The molecule has 0 saturated carbocycles. The molecule has 0 aliphatic carbocycles. The molecule has 2 nitrogen and oxygen atoms in total. The van der Waals surface area contributed by atoms with Crippen molar-refractivity contribution in [3.8, 4) is 0 Å². The van der Waals surface area contributed by atoms with Gasteiger partial charge in [0.25, 0.3) is 0 Å². The number of hydrogen-bond donors (Lipinski definition) is 0. The van der Waals surface area contributed by atoms with Crippen LogP contribution in [0, 0.1) is 0 Å². The van der Waals surface area contributed by atoms with E-state index in [-0.39, 0.29) is 29.6 Å². The minimum atomic E-state index is -2.98. The van der Waals surface area contributed by atoms with Crippen molar-refractivity contribution in [2.24, 2.45) is 0 Å². The minimum Gasteiger partial charge on any atom is -0.799 e. The molecule has 0 saturated heterocycles. The first-order valence-electron chi connectivity index (χ1n) is 4.91. The summed E-state index contributed by atoms with van der Waals surface area (Å²) in [5.41, 5.74) is 0. The van der Waals surface area contributed by atoms with Gasteiger partial charge in [-0.25, -0.2) is 0 Å². The molecule has 13 heavy (non-hydrogen) atoms.